The molecule has 2 atom stereocenters. The average Bonchev–Trinajstić information content (AvgIpc) is 2.42. The van der Waals surface area contributed by atoms with Crippen LogP contribution in [0.3, 0.4) is 0 Å². The normalized spacial score (nSPS) is 13.6. The van der Waals surface area contributed by atoms with E-state index >= 15 is 0 Å². The molecule has 0 bridgehead atoms. The fourth-order valence-corrected chi connectivity index (χ4v) is 2.28. The lowest BCUT2D eigenvalue weighted by Crippen LogP contribution is -2.22. The summed E-state index contributed by atoms with van der Waals surface area (Å²) >= 11 is 0. The van der Waals surface area contributed by atoms with Gasteiger partial charge in [0.1, 0.15) is 5.56 Å². The molecule has 0 saturated carbocycles. The van der Waals surface area contributed by atoms with E-state index in [1.807, 2.05) is 6.92 Å². The molecule has 0 heterocycles. The van der Waals surface area contributed by atoms with Crippen LogP contribution in [0.4, 0.5) is 5.69 Å². The van der Waals surface area contributed by atoms with Gasteiger partial charge in [0.2, 0.25) is 0 Å². The molecule has 2 unspecified atom stereocenters. The zero-order valence-electron chi connectivity index (χ0n) is 11.9. The molecule has 0 aromatic heterocycles. The smallest absolute Gasteiger partial charge is 0.343 e. The van der Waals surface area contributed by atoms with Gasteiger partial charge in [0, 0.05) is 34.9 Å². The first-order chi connectivity index (χ1) is 9.84. The molecule has 0 amide bonds. The molecule has 116 valence electrons. The standard InChI is InChI=1S/C13H18N2O5S/c1-9(21(2)20)6-7-14-8-10-4-3-5-11(15(18)19)12(10)13(16)17/h3-5,9,14H,6-8H2,1-2H3,(H,16,17). The van der Waals surface area contributed by atoms with Gasteiger partial charge >= 0.3 is 5.97 Å². The van der Waals surface area contributed by atoms with E-state index in [0.717, 1.165) is 0 Å². The molecule has 0 aliphatic carbocycles. The number of nitro groups is 1. The number of nitrogens with zero attached hydrogens (tertiary/aromatic N) is 1. The van der Waals surface area contributed by atoms with Gasteiger partial charge in [0.25, 0.3) is 5.69 Å². The van der Waals surface area contributed by atoms with Crippen molar-refractivity contribution in [1.29, 1.82) is 0 Å². The number of nitro benzene ring substituents is 1. The molecule has 1 aromatic carbocycles. The van der Waals surface area contributed by atoms with Crippen molar-refractivity contribution in [2.45, 2.75) is 25.1 Å². The second kappa shape index (κ2) is 7.84. The van der Waals surface area contributed by atoms with E-state index < -0.39 is 27.4 Å². The quantitative estimate of drug-likeness (QED) is 0.428. The molecule has 0 aliphatic rings. The fraction of sp³-hybridized carbons (Fsp3) is 0.462. The van der Waals surface area contributed by atoms with Crippen LogP contribution in [0, 0.1) is 10.1 Å². The zero-order chi connectivity index (χ0) is 16.0. The lowest BCUT2D eigenvalue weighted by atomic mass is 10.1. The van der Waals surface area contributed by atoms with E-state index in [4.69, 9.17) is 5.11 Å². The van der Waals surface area contributed by atoms with Gasteiger partial charge in [-0.05, 0) is 18.5 Å². The van der Waals surface area contributed by atoms with Crippen molar-refractivity contribution in [3.8, 4) is 0 Å². The molecule has 1 rings (SSSR count). The molecule has 0 aliphatic heterocycles. The molecular weight excluding hydrogens is 296 g/mol. The molecule has 21 heavy (non-hydrogen) atoms. The number of carbonyl (C=O) groups is 1. The van der Waals surface area contributed by atoms with Gasteiger partial charge in [-0.3, -0.25) is 14.3 Å². The van der Waals surface area contributed by atoms with Crippen molar-refractivity contribution in [2.75, 3.05) is 12.8 Å². The van der Waals surface area contributed by atoms with Crippen LogP contribution in [0.25, 0.3) is 0 Å². The molecule has 0 radical (unpaired) electrons. The Labute approximate surface area is 125 Å². The van der Waals surface area contributed by atoms with Gasteiger partial charge in [-0.25, -0.2) is 4.79 Å². The van der Waals surface area contributed by atoms with Gasteiger partial charge in [-0.2, -0.15) is 0 Å². The summed E-state index contributed by atoms with van der Waals surface area (Å²) in [5.41, 5.74) is -0.339. The second-order valence-electron chi connectivity index (χ2n) is 4.65. The Morgan fingerprint density at radius 3 is 2.71 bits per heavy atom. The minimum Gasteiger partial charge on any atom is -0.477 e. The summed E-state index contributed by atoms with van der Waals surface area (Å²) < 4.78 is 11.2. The number of hydrogen-bond acceptors (Lipinski definition) is 5. The van der Waals surface area contributed by atoms with Crippen molar-refractivity contribution in [3.05, 3.63) is 39.4 Å². The summed E-state index contributed by atoms with van der Waals surface area (Å²) in [7, 11) is -0.903. The van der Waals surface area contributed by atoms with E-state index in [-0.39, 0.29) is 17.4 Å². The first-order valence-corrected chi connectivity index (χ1v) is 7.99. The van der Waals surface area contributed by atoms with Crippen LogP contribution in [0.2, 0.25) is 0 Å². The Balaban J connectivity index is 2.75. The predicted octanol–water partition coefficient (Wildman–Crippen LogP) is 1.54. The zero-order valence-corrected chi connectivity index (χ0v) is 12.7. The number of carboxylic acids is 1. The third kappa shape index (κ3) is 4.91. The van der Waals surface area contributed by atoms with Gasteiger partial charge < -0.3 is 10.4 Å². The Morgan fingerprint density at radius 2 is 2.19 bits per heavy atom. The first kappa shape index (κ1) is 17.3. The van der Waals surface area contributed by atoms with Crippen molar-refractivity contribution >= 4 is 22.5 Å². The molecule has 2 N–H and O–H groups in total. The molecule has 1 aromatic rings. The molecule has 0 spiro atoms. The maximum absolute atomic E-state index is 11.2. The van der Waals surface area contributed by atoms with Crippen molar-refractivity contribution in [3.63, 3.8) is 0 Å². The number of benzene rings is 1. The highest BCUT2D eigenvalue weighted by molar-refractivity contribution is 7.84. The minimum atomic E-state index is -1.32. The second-order valence-corrected chi connectivity index (χ2v) is 6.45. The molecule has 0 fully saturated rings. The Bertz CT molecular complexity index is 561. The van der Waals surface area contributed by atoms with Crippen LogP contribution < -0.4 is 5.32 Å². The predicted molar refractivity (Wildman–Crippen MR) is 79.9 cm³/mol. The summed E-state index contributed by atoms with van der Waals surface area (Å²) in [4.78, 5) is 21.4. The molecule has 0 saturated heterocycles. The highest BCUT2D eigenvalue weighted by Crippen LogP contribution is 2.22. The average molecular weight is 314 g/mol. The van der Waals surface area contributed by atoms with Crippen molar-refractivity contribution in [2.24, 2.45) is 0 Å². The third-order valence-electron chi connectivity index (χ3n) is 3.15. The number of aromatic carboxylic acids is 1. The van der Waals surface area contributed by atoms with E-state index in [0.29, 0.717) is 18.5 Å². The Hall–Kier alpha value is -1.80. The molecule has 8 heteroatoms. The molecule has 7 nitrogen and oxygen atoms in total. The van der Waals surface area contributed by atoms with Crippen LogP contribution in [0.5, 0.6) is 0 Å². The highest BCUT2D eigenvalue weighted by atomic mass is 32.2. The van der Waals surface area contributed by atoms with Crippen molar-refractivity contribution in [1.82, 2.24) is 5.32 Å². The van der Waals surface area contributed by atoms with Crippen LogP contribution >= 0.6 is 0 Å². The van der Waals surface area contributed by atoms with Crippen LogP contribution in [0.15, 0.2) is 18.2 Å². The lowest BCUT2D eigenvalue weighted by molar-refractivity contribution is -0.385. The lowest BCUT2D eigenvalue weighted by Gasteiger charge is -2.10. The Morgan fingerprint density at radius 1 is 1.52 bits per heavy atom. The van der Waals surface area contributed by atoms with E-state index in [2.05, 4.69) is 5.32 Å². The summed E-state index contributed by atoms with van der Waals surface area (Å²) in [6.45, 7) is 2.64. The monoisotopic (exact) mass is 314 g/mol. The summed E-state index contributed by atoms with van der Waals surface area (Å²) in [5.74, 6) is -1.32. The first-order valence-electron chi connectivity index (χ1n) is 6.37. The fourth-order valence-electron chi connectivity index (χ4n) is 1.83. The number of carboxylic acid groups (broad SMARTS) is 1. The van der Waals surface area contributed by atoms with Gasteiger partial charge in [0.05, 0.1) is 4.92 Å². The van der Waals surface area contributed by atoms with E-state index in [1.54, 1.807) is 12.3 Å². The summed E-state index contributed by atoms with van der Waals surface area (Å²) in [5, 5.41) is 23.1. The van der Waals surface area contributed by atoms with Crippen molar-refractivity contribution < 1.29 is 19.0 Å². The van der Waals surface area contributed by atoms with Gasteiger partial charge in [-0.1, -0.05) is 19.1 Å². The molecular formula is C13H18N2O5S. The van der Waals surface area contributed by atoms with Crippen LogP contribution in [-0.2, 0) is 17.3 Å². The van der Waals surface area contributed by atoms with Gasteiger partial charge in [-0.15, -0.1) is 0 Å². The SMILES string of the molecule is CC(CCNCc1cccc([N+](=O)[O-])c1C(=O)O)S(C)=O. The number of hydrogen-bond donors (Lipinski definition) is 2. The number of rotatable bonds is 8. The Kier molecular flexibility index (Phi) is 6.44. The maximum atomic E-state index is 11.2. The highest BCUT2D eigenvalue weighted by Gasteiger charge is 2.22. The summed E-state index contributed by atoms with van der Waals surface area (Å²) in [6, 6.07) is 4.19. The summed E-state index contributed by atoms with van der Waals surface area (Å²) in [6.07, 6.45) is 2.31. The van der Waals surface area contributed by atoms with E-state index in [9.17, 15) is 19.1 Å². The third-order valence-corrected chi connectivity index (χ3v) is 4.52. The van der Waals surface area contributed by atoms with E-state index in [1.165, 1.54) is 12.1 Å². The van der Waals surface area contributed by atoms with Crippen LogP contribution in [0.1, 0.15) is 29.3 Å². The van der Waals surface area contributed by atoms with Gasteiger partial charge in [0.15, 0.2) is 0 Å². The maximum Gasteiger partial charge on any atom is 0.343 e. The minimum absolute atomic E-state index is 0.0431. The largest absolute Gasteiger partial charge is 0.477 e. The topological polar surface area (TPSA) is 110 Å². The number of nitrogens with one attached hydrogen (secondary N) is 1. The van der Waals surface area contributed by atoms with Crippen LogP contribution in [-0.4, -0.2) is 38.3 Å².